The molecule has 2 fully saturated rings. The second kappa shape index (κ2) is 4.78. The Bertz CT molecular complexity index is 536. The summed E-state index contributed by atoms with van der Waals surface area (Å²) in [5.41, 5.74) is -0.549. The molecular formula is C16H18O3S. The second-order valence-corrected chi connectivity index (χ2v) is 7.17. The van der Waals surface area contributed by atoms with Gasteiger partial charge in [-0.3, -0.25) is 4.79 Å². The van der Waals surface area contributed by atoms with Crippen molar-refractivity contribution >= 4 is 17.5 Å². The zero-order chi connectivity index (χ0) is 13.6. The van der Waals surface area contributed by atoms with E-state index in [2.05, 4.69) is 0 Å². The molecule has 106 valence electrons. The highest BCUT2D eigenvalue weighted by atomic mass is 32.2. The van der Waals surface area contributed by atoms with Crippen molar-refractivity contribution in [3.05, 3.63) is 24.3 Å². The van der Waals surface area contributed by atoms with Crippen LogP contribution in [0.2, 0.25) is 0 Å². The third-order valence-corrected chi connectivity index (χ3v) is 5.85. The largest absolute Gasteiger partial charge is 0.462 e. The minimum absolute atomic E-state index is 0.102. The fraction of sp³-hybridized carbons (Fsp3) is 0.562. The summed E-state index contributed by atoms with van der Waals surface area (Å²) in [7, 11) is 0. The number of thioether (sulfide) groups is 1. The summed E-state index contributed by atoms with van der Waals surface area (Å²) in [6.07, 6.45) is 5.43. The van der Waals surface area contributed by atoms with Crippen molar-refractivity contribution in [3.8, 4) is 5.75 Å². The Morgan fingerprint density at radius 2 is 1.95 bits per heavy atom. The molecule has 3 nitrogen and oxygen atoms in total. The van der Waals surface area contributed by atoms with Gasteiger partial charge in [-0.25, -0.2) is 0 Å². The lowest BCUT2D eigenvalue weighted by atomic mass is 9.78. The molecule has 0 bridgehead atoms. The number of para-hydroxylation sites is 1. The summed E-state index contributed by atoms with van der Waals surface area (Å²) in [5, 5.41) is 0.102. The number of rotatable bonds is 0. The number of hydrogen-bond acceptors (Lipinski definition) is 4. The highest BCUT2D eigenvalue weighted by Gasteiger charge is 2.51. The second-order valence-electron chi connectivity index (χ2n) is 5.89. The molecule has 2 heterocycles. The van der Waals surface area contributed by atoms with E-state index in [1.807, 2.05) is 24.3 Å². The number of hydrogen-bond donors (Lipinski definition) is 0. The minimum atomic E-state index is -0.549. The third-order valence-electron chi connectivity index (χ3n) is 4.57. The molecule has 0 radical (unpaired) electrons. The Labute approximate surface area is 123 Å². The summed E-state index contributed by atoms with van der Waals surface area (Å²) in [6, 6.07) is 8.01. The van der Waals surface area contributed by atoms with Crippen LogP contribution in [0.1, 0.15) is 38.5 Å². The quantitative estimate of drug-likeness (QED) is 0.732. The first-order chi connectivity index (χ1) is 9.77. The fourth-order valence-corrected chi connectivity index (χ4v) is 4.65. The van der Waals surface area contributed by atoms with E-state index in [9.17, 15) is 4.79 Å². The highest BCUT2D eigenvalue weighted by molar-refractivity contribution is 8.00. The van der Waals surface area contributed by atoms with Crippen LogP contribution in [-0.4, -0.2) is 22.9 Å². The van der Waals surface area contributed by atoms with Gasteiger partial charge < -0.3 is 9.47 Å². The molecule has 2 atom stereocenters. The van der Waals surface area contributed by atoms with Gasteiger partial charge in [0.25, 0.3) is 0 Å². The zero-order valence-corrected chi connectivity index (χ0v) is 12.2. The van der Waals surface area contributed by atoms with Crippen molar-refractivity contribution in [1.29, 1.82) is 0 Å². The first kappa shape index (κ1) is 12.7. The van der Waals surface area contributed by atoms with Gasteiger partial charge in [0.15, 0.2) is 5.78 Å². The van der Waals surface area contributed by atoms with Crippen molar-refractivity contribution in [2.45, 2.75) is 60.6 Å². The molecule has 4 heteroatoms. The Hall–Kier alpha value is -1.00. The minimum Gasteiger partial charge on any atom is -0.462 e. The zero-order valence-electron chi connectivity index (χ0n) is 11.3. The summed E-state index contributed by atoms with van der Waals surface area (Å²) in [4.78, 5) is 13.7. The van der Waals surface area contributed by atoms with Crippen molar-refractivity contribution in [3.63, 3.8) is 0 Å². The molecule has 1 aromatic rings. The number of fused-ring (bicyclic) bond motifs is 2. The summed E-state index contributed by atoms with van der Waals surface area (Å²) >= 11 is 1.72. The van der Waals surface area contributed by atoms with Crippen molar-refractivity contribution < 1.29 is 14.3 Å². The molecule has 1 saturated heterocycles. The standard InChI is InChI=1S/C16H18O3S/c17-14-10-13-15(19-16(14)8-4-1-5-9-16)18-11-6-2-3-7-12(11)20-13/h2-3,6-7,13,15H,1,4-5,8-10H2/t13-,15+/m0/s1. The van der Waals surface area contributed by atoms with Crippen molar-refractivity contribution in [1.82, 2.24) is 0 Å². The van der Waals surface area contributed by atoms with E-state index in [4.69, 9.17) is 9.47 Å². The van der Waals surface area contributed by atoms with E-state index < -0.39 is 5.60 Å². The molecule has 1 spiro atoms. The molecule has 0 N–H and O–H groups in total. The van der Waals surface area contributed by atoms with E-state index in [1.54, 1.807) is 11.8 Å². The van der Waals surface area contributed by atoms with Crippen LogP contribution in [0.25, 0.3) is 0 Å². The van der Waals surface area contributed by atoms with E-state index in [1.165, 1.54) is 6.42 Å². The van der Waals surface area contributed by atoms with Crippen LogP contribution in [-0.2, 0) is 9.53 Å². The maximum atomic E-state index is 12.5. The smallest absolute Gasteiger partial charge is 0.213 e. The predicted molar refractivity (Wildman–Crippen MR) is 77.0 cm³/mol. The molecule has 3 aliphatic rings. The van der Waals surface area contributed by atoms with Gasteiger partial charge in [0, 0.05) is 11.3 Å². The summed E-state index contributed by atoms with van der Waals surface area (Å²) in [5.74, 6) is 1.17. The number of ketones is 1. The monoisotopic (exact) mass is 290 g/mol. The van der Waals surface area contributed by atoms with E-state index in [-0.39, 0.29) is 17.3 Å². The first-order valence-electron chi connectivity index (χ1n) is 7.40. The van der Waals surface area contributed by atoms with Crippen LogP contribution in [0, 0.1) is 0 Å². The maximum Gasteiger partial charge on any atom is 0.213 e. The van der Waals surface area contributed by atoms with Crippen LogP contribution < -0.4 is 4.74 Å². The van der Waals surface area contributed by atoms with E-state index in [0.717, 1.165) is 36.3 Å². The van der Waals surface area contributed by atoms with Gasteiger partial charge in [0.1, 0.15) is 11.4 Å². The Morgan fingerprint density at radius 3 is 2.80 bits per heavy atom. The SMILES string of the molecule is O=C1C[C@@H]2Sc3ccccc3O[C@@H]2OC12CCCCC2. The lowest BCUT2D eigenvalue weighted by Gasteiger charge is -2.46. The molecular weight excluding hydrogens is 272 g/mol. The van der Waals surface area contributed by atoms with E-state index >= 15 is 0 Å². The highest BCUT2D eigenvalue weighted by Crippen LogP contribution is 2.47. The molecule has 2 aliphatic heterocycles. The van der Waals surface area contributed by atoms with Gasteiger partial charge in [-0.15, -0.1) is 11.8 Å². The molecule has 0 unspecified atom stereocenters. The molecule has 1 aromatic carbocycles. The lowest BCUT2D eigenvalue weighted by Crippen LogP contribution is -2.56. The van der Waals surface area contributed by atoms with Gasteiger partial charge >= 0.3 is 0 Å². The topological polar surface area (TPSA) is 35.5 Å². The average Bonchev–Trinajstić information content (AvgIpc) is 2.48. The Morgan fingerprint density at radius 1 is 1.15 bits per heavy atom. The first-order valence-corrected chi connectivity index (χ1v) is 8.28. The van der Waals surface area contributed by atoms with Crippen LogP contribution in [0.15, 0.2) is 29.2 Å². The van der Waals surface area contributed by atoms with Gasteiger partial charge in [0.2, 0.25) is 6.29 Å². The number of ether oxygens (including phenoxy) is 2. The van der Waals surface area contributed by atoms with Crippen molar-refractivity contribution in [2.24, 2.45) is 0 Å². The summed E-state index contributed by atoms with van der Waals surface area (Å²) in [6.45, 7) is 0. The molecule has 0 amide bonds. The van der Waals surface area contributed by atoms with Gasteiger partial charge in [-0.2, -0.15) is 0 Å². The van der Waals surface area contributed by atoms with Gasteiger partial charge in [-0.1, -0.05) is 31.4 Å². The normalized spacial score (nSPS) is 31.3. The molecule has 4 rings (SSSR count). The molecule has 20 heavy (non-hydrogen) atoms. The number of carbonyl (C=O) groups excluding carboxylic acids is 1. The van der Waals surface area contributed by atoms with Crippen molar-refractivity contribution in [2.75, 3.05) is 0 Å². The Kier molecular flexibility index (Phi) is 3.04. The van der Waals surface area contributed by atoms with E-state index in [0.29, 0.717) is 6.42 Å². The fourth-order valence-electron chi connectivity index (χ4n) is 3.48. The average molecular weight is 290 g/mol. The molecule has 1 saturated carbocycles. The van der Waals surface area contributed by atoms with Gasteiger partial charge in [-0.05, 0) is 25.0 Å². The number of benzene rings is 1. The van der Waals surface area contributed by atoms with Crippen LogP contribution in [0.5, 0.6) is 5.75 Å². The lowest BCUT2D eigenvalue weighted by molar-refractivity contribution is -0.207. The van der Waals surface area contributed by atoms with Gasteiger partial charge in [0.05, 0.1) is 5.25 Å². The molecule has 1 aliphatic carbocycles. The van der Waals surface area contributed by atoms with Crippen LogP contribution in [0.3, 0.4) is 0 Å². The maximum absolute atomic E-state index is 12.5. The van der Waals surface area contributed by atoms with Crippen LogP contribution in [0.4, 0.5) is 0 Å². The Balaban J connectivity index is 1.61. The molecule has 0 aromatic heterocycles. The predicted octanol–water partition coefficient (Wildman–Crippen LogP) is 3.56. The number of Topliss-reactive ketones (excluding diaryl/α,β-unsaturated/α-hetero) is 1. The summed E-state index contributed by atoms with van der Waals surface area (Å²) < 4.78 is 12.2. The van der Waals surface area contributed by atoms with Crippen LogP contribution >= 0.6 is 11.8 Å². The number of carbonyl (C=O) groups is 1. The third kappa shape index (κ3) is 1.97.